The van der Waals surface area contributed by atoms with Gasteiger partial charge in [0.05, 0.1) is 0 Å². The first kappa shape index (κ1) is 19.6. The molecule has 0 N–H and O–H groups in total. The van der Waals surface area contributed by atoms with E-state index in [-0.39, 0.29) is 0 Å². The van der Waals surface area contributed by atoms with E-state index in [1.165, 1.54) is 68.4 Å². The van der Waals surface area contributed by atoms with E-state index in [1.54, 1.807) is 0 Å². The highest BCUT2D eigenvalue weighted by atomic mass is 31.2. The zero-order valence-electron chi connectivity index (χ0n) is 16.3. The maximum Gasteiger partial charge on any atom is 0.0316 e. The zero-order valence-corrected chi connectivity index (χ0v) is 18.4. The molecule has 2 fully saturated rings. The molecule has 0 bridgehead atoms. The molecule has 3 heteroatoms. The lowest BCUT2D eigenvalue weighted by Crippen LogP contribution is -2.41. The van der Waals surface area contributed by atoms with Crippen LogP contribution in [0.4, 0.5) is 0 Å². The van der Waals surface area contributed by atoms with Crippen molar-refractivity contribution < 1.29 is 0 Å². The molecule has 2 aromatic rings. The van der Waals surface area contributed by atoms with Gasteiger partial charge in [-0.05, 0) is 35.3 Å². The SMILES string of the molecule is PN([C@@H]1CCCC[C@H]1C1CCCCC1)P(c1ccccc1)c1ccccc1. The van der Waals surface area contributed by atoms with Gasteiger partial charge in [-0.15, -0.1) is 0 Å². The van der Waals surface area contributed by atoms with Crippen LogP contribution in [0.1, 0.15) is 57.8 Å². The number of hydrogen-bond acceptors (Lipinski definition) is 1. The minimum absolute atomic E-state index is 0.486. The second-order valence-corrected chi connectivity index (χ2v) is 11.4. The highest BCUT2D eigenvalue weighted by molar-refractivity contribution is 7.74. The summed E-state index contributed by atoms with van der Waals surface area (Å²) in [6.07, 6.45) is 12.9. The van der Waals surface area contributed by atoms with Crippen LogP contribution in [0.25, 0.3) is 0 Å². The summed E-state index contributed by atoms with van der Waals surface area (Å²) >= 11 is 0. The summed E-state index contributed by atoms with van der Waals surface area (Å²) in [5, 5.41) is 2.95. The molecule has 1 unspecified atom stereocenters. The molecule has 0 spiro atoms. The Labute approximate surface area is 169 Å². The van der Waals surface area contributed by atoms with Gasteiger partial charge in [-0.1, -0.05) is 115 Å². The smallest absolute Gasteiger partial charge is 0.0316 e. The van der Waals surface area contributed by atoms with Gasteiger partial charge in [0.15, 0.2) is 0 Å². The summed E-state index contributed by atoms with van der Waals surface area (Å²) < 4.78 is 2.72. The first-order chi connectivity index (χ1) is 13.3. The molecule has 4 rings (SSSR count). The molecule has 1 nitrogen and oxygen atoms in total. The number of benzene rings is 2. The molecule has 0 radical (unpaired) electrons. The van der Waals surface area contributed by atoms with E-state index >= 15 is 0 Å². The van der Waals surface area contributed by atoms with E-state index < -0.39 is 8.07 Å². The lowest BCUT2D eigenvalue weighted by molar-refractivity contribution is 0.140. The lowest BCUT2D eigenvalue weighted by atomic mass is 9.71. The highest BCUT2D eigenvalue weighted by Gasteiger charge is 2.37. The molecule has 0 aromatic heterocycles. The van der Waals surface area contributed by atoms with Crippen molar-refractivity contribution in [3.8, 4) is 0 Å². The summed E-state index contributed by atoms with van der Waals surface area (Å²) in [6, 6.07) is 23.1. The second-order valence-electron chi connectivity index (χ2n) is 8.28. The van der Waals surface area contributed by atoms with Gasteiger partial charge in [-0.25, -0.2) is 0 Å². The molecule has 144 valence electrons. The molecule has 27 heavy (non-hydrogen) atoms. The number of nitrogens with zero attached hydrogens (tertiary/aromatic N) is 1. The van der Waals surface area contributed by atoms with Crippen LogP contribution in [0.2, 0.25) is 0 Å². The van der Waals surface area contributed by atoms with Gasteiger partial charge in [0.2, 0.25) is 0 Å². The van der Waals surface area contributed by atoms with Crippen molar-refractivity contribution in [2.75, 3.05) is 0 Å². The minimum atomic E-state index is -0.486. The molecular weight excluding hydrogens is 364 g/mol. The average molecular weight is 397 g/mol. The van der Waals surface area contributed by atoms with Crippen LogP contribution in [0.15, 0.2) is 60.7 Å². The summed E-state index contributed by atoms with van der Waals surface area (Å²) in [7, 11) is 2.71. The van der Waals surface area contributed by atoms with Crippen LogP contribution >= 0.6 is 17.5 Å². The van der Waals surface area contributed by atoms with Crippen LogP contribution in [0.5, 0.6) is 0 Å². The van der Waals surface area contributed by atoms with E-state index in [9.17, 15) is 0 Å². The maximum atomic E-state index is 3.19. The minimum Gasteiger partial charge on any atom is -0.255 e. The van der Waals surface area contributed by atoms with Crippen molar-refractivity contribution in [3.63, 3.8) is 0 Å². The average Bonchev–Trinajstić information content (AvgIpc) is 2.76. The van der Waals surface area contributed by atoms with Crippen LogP contribution < -0.4 is 10.6 Å². The Hall–Kier alpha value is -0.740. The monoisotopic (exact) mass is 397 g/mol. The molecule has 0 aliphatic heterocycles. The Kier molecular flexibility index (Phi) is 6.99. The van der Waals surface area contributed by atoms with Gasteiger partial charge in [-0.3, -0.25) is 4.44 Å². The Balaban J connectivity index is 1.64. The Morgan fingerprint density at radius 1 is 0.667 bits per heavy atom. The Morgan fingerprint density at radius 3 is 1.78 bits per heavy atom. The lowest BCUT2D eigenvalue weighted by Gasteiger charge is -2.45. The molecule has 0 amide bonds. The van der Waals surface area contributed by atoms with Crippen molar-refractivity contribution in [2.24, 2.45) is 11.8 Å². The predicted molar refractivity (Wildman–Crippen MR) is 123 cm³/mol. The third kappa shape index (κ3) is 4.64. The van der Waals surface area contributed by atoms with E-state index in [1.807, 2.05) is 0 Å². The standard InChI is InChI=1S/C24H33NP2/c26-25(24-19-11-10-18-23(24)20-12-4-1-5-13-20)27(21-14-6-2-7-15-21)22-16-8-3-9-17-22/h2-3,6-9,14-17,20,23-24H,1,4-5,10-13,18-19,26H2/t23-,24+/m0/s1. The maximum absolute atomic E-state index is 3.19. The predicted octanol–water partition coefficient (Wildman–Crippen LogP) is 6.27. The molecule has 2 aliphatic rings. The van der Waals surface area contributed by atoms with Crippen molar-refractivity contribution in [3.05, 3.63) is 60.7 Å². The molecule has 2 saturated carbocycles. The van der Waals surface area contributed by atoms with Crippen molar-refractivity contribution >= 4 is 28.1 Å². The van der Waals surface area contributed by atoms with Crippen LogP contribution in [0.3, 0.4) is 0 Å². The fourth-order valence-corrected chi connectivity index (χ4v) is 8.78. The van der Waals surface area contributed by atoms with Crippen LogP contribution in [0, 0.1) is 11.8 Å². The first-order valence-electron chi connectivity index (χ1n) is 10.8. The molecule has 2 aliphatic carbocycles. The van der Waals surface area contributed by atoms with Gasteiger partial charge in [0, 0.05) is 14.1 Å². The van der Waals surface area contributed by atoms with Crippen molar-refractivity contribution in [2.45, 2.75) is 63.8 Å². The fourth-order valence-electron chi connectivity index (χ4n) is 5.28. The van der Waals surface area contributed by atoms with Crippen molar-refractivity contribution in [1.29, 1.82) is 0 Å². The fraction of sp³-hybridized carbons (Fsp3) is 0.500. The molecular formula is C24H33NP2. The van der Waals surface area contributed by atoms with Crippen LogP contribution in [-0.2, 0) is 0 Å². The molecule has 2 aromatic carbocycles. The quantitative estimate of drug-likeness (QED) is 0.538. The second kappa shape index (κ2) is 9.65. The third-order valence-corrected chi connectivity index (χ3v) is 10.0. The topological polar surface area (TPSA) is 3.24 Å². The van der Waals surface area contributed by atoms with E-state index in [0.717, 1.165) is 11.8 Å². The zero-order chi connectivity index (χ0) is 18.5. The van der Waals surface area contributed by atoms with Gasteiger partial charge < -0.3 is 0 Å². The molecule has 0 saturated heterocycles. The Bertz CT molecular complexity index is 645. The van der Waals surface area contributed by atoms with E-state index in [0.29, 0.717) is 6.04 Å². The summed E-state index contributed by atoms with van der Waals surface area (Å²) in [6.45, 7) is 0. The molecule has 3 atom stereocenters. The Morgan fingerprint density at radius 2 is 1.19 bits per heavy atom. The summed E-state index contributed by atoms with van der Waals surface area (Å²) in [5.74, 6) is 1.84. The van der Waals surface area contributed by atoms with Gasteiger partial charge >= 0.3 is 0 Å². The largest absolute Gasteiger partial charge is 0.255 e. The summed E-state index contributed by atoms with van der Waals surface area (Å²) in [5.41, 5.74) is 0. The van der Waals surface area contributed by atoms with Crippen LogP contribution in [-0.4, -0.2) is 10.5 Å². The van der Waals surface area contributed by atoms with E-state index in [4.69, 9.17) is 0 Å². The van der Waals surface area contributed by atoms with Gasteiger partial charge in [0.25, 0.3) is 0 Å². The molecule has 0 heterocycles. The number of hydrogen-bond donors (Lipinski definition) is 0. The summed E-state index contributed by atoms with van der Waals surface area (Å²) in [4.78, 5) is 0. The normalized spacial score (nSPS) is 24.4. The first-order valence-corrected chi connectivity index (χ1v) is 12.6. The van der Waals surface area contributed by atoms with Gasteiger partial charge in [-0.2, -0.15) is 0 Å². The van der Waals surface area contributed by atoms with Gasteiger partial charge in [0.1, 0.15) is 0 Å². The third-order valence-electron chi connectivity index (χ3n) is 6.61. The highest BCUT2D eigenvalue weighted by Crippen LogP contribution is 2.50. The van der Waals surface area contributed by atoms with E-state index in [2.05, 4.69) is 74.5 Å². The number of rotatable bonds is 5. The van der Waals surface area contributed by atoms with Crippen molar-refractivity contribution in [1.82, 2.24) is 4.44 Å².